The number of hydrogen-bond donors (Lipinski definition) is 1. The Morgan fingerprint density at radius 3 is 2.36 bits per heavy atom. The van der Waals surface area contributed by atoms with Crippen LogP contribution in [0.1, 0.15) is 107 Å². The van der Waals surface area contributed by atoms with Gasteiger partial charge in [0.1, 0.15) is 0 Å². The van der Waals surface area contributed by atoms with E-state index in [1.165, 1.54) is 11.1 Å². The summed E-state index contributed by atoms with van der Waals surface area (Å²) in [6.07, 6.45) is 10.4. The number of ketones is 1. The van der Waals surface area contributed by atoms with E-state index in [9.17, 15) is 9.90 Å². The summed E-state index contributed by atoms with van der Waals surface area (Å²) in [7, 11) is 0. The van der Waals surface area contributed by atoms with Crippen molar-refractivity contribution < 1.29 is 28.8 Å². The SMILES string of the molecule is CC(C)(O)CCC1OC(C)(C)O[C@]1(C)C1CC=C2C3=CC(=O)[C@@H]4C[C@H]5OC(C)(C)O[C@H]5C[C@]4(C)C3CC[C@@]21C. The lowest BCUT2D eigenvalue weighted by atomic mass is 9.48. The summed E-state index contributed by atoms with van der Waals surface area (Å²) in [6.45, 7) is 18.7. The maximum Gasteiger partial charge on any atom is 0.164 e. The van der Waals surface area contributed by atoms with Gasteiger partial charge in [0.15, 0.2) is 17.4 Å². The van der Waals surface area contributed by atoms with Gasteiger partial charge in [-0.15, -0.1) is 0 Å². The number of allylic oxidation sites excluding steroid dienone is 4. The van der Waals surface area contributed by atoms with Crippen LogP contribution in [0.5, 0.6) is 0 Å². The molecular formula is C33H50O6. The van der Waals surface area contributed by atoms with Crippen LogP contribution < -0.4 is 0 Å². The van der Waals surface area contributed by atoms with E-state index < -0.39 is 22.8 Å². The zero-order chi connectivity index (χ0) is 28.4. The highest BCUT2D eigenvalue weighted by atomic mass is 16.8. The zero-order valence-electron chi connectivity index (χ0n) is 25.6. The number of ether oxygens (including phenoxy) is 4. The summed E-state index contributed by atoms with van der Waals surface area (Å²) in [4.78, 5) is 13.8. The van der Waals surface area contributed by atoms with Crippen LogP contribution >= 0.6 is 0 Å². The Balaban J connectivity index is 1.30. The monoisotopic (exact) mass is 542 g/mol. The molecule has 0 amide bonds. The molecule has 3 unspecified atom stereocenters. The largest absolute Gasteiger partial charge is 0.390 e. The fraction of sp³-hybridized carbons (Fsp3) is 0.848. The molecule has 9 atom stereocenters. The summed E-state index contributed by atoms with van der Waals surface area (Å²) in [6, 6.07) is 0. The molecule has 2 saturated carbocycles. The van der Waals surface area contributed by atoms with Crippen LogP contribution in [0, 0.1) is 28.6 Å². The minimum atomic E-state index is -0.750. The van der Waals surface area contributed by atoms with E-state index in [1.54, 1.807) is 0 Å². The zero-order valence-corrected chi connectivity index (χ0v) is 25.6. The summed E-state index contributed by atoms with van der Waals surface area (Å²) in [5.74, 6) is -0.421. The third-order valence-corrected chi connectivity index (χ3v) is 11.4. The lowest BCUT2D eigenvalue weighted by Gasteiger charge is -2.57. The van der Waals surface area contributed by atoms with Gasteiger partial charge in [-0.25, -0.2) is 0 Å². The molecule has 6 heteroatoms. The highest BCUT2D eigenvalue weighted by Gasteiger charge is 2.65. The lowest BCUT2D eigenvalue weighted by Crippen LogP contribution is -2.56. The van der Waals surface area contributed by atoms with Crippen molar-refractivity contribution in [1.29, 1.82) is 0 Å². The molecule has 0 spiro atoms. The number of carbonyl (C=O) groups excluding carboxylic acids is 1. The minimum absolute atomic E-state index is 0.00422. The van der Waals surface area contributed by atoms with Crippen molar-refractivity contribution in [1.82, 2.24) is 0 Å². The molecule has 4 aliphatic carbocycles. The molecule has 0 aromatic carbocycles. The first-order valence-corrected chi connectivity index (χ1v) is 15.3. The molecule has 0 bridgehead atoms. The first-order chi connectivity index (χ1) is 17.9. The molecule has 2 aliphatic heterocycles. The topological polar surface area (TPSA) is 74.2 Å². The van der Waals surface area contributed by atoms with Gasteiger partial charge in [0.25, 0.3) is 0 Å². The van der Waals surface area contributed by atoms with Crippen molar-refractivity contribution in [2.75, 3.05) is 0 Å². The van der Waals surface area contributed by atoms with E-state index in [1.807, 2.05) is 47.6 Å². The van der Waals surface area contributed by atoms with Gasteiger partial charge in [0.2, 0.25) is 0 Å². The number of fused-ring (bicyclic) bond motifs is 6. The maximum atomic E-state index is 13.8. The molecule has 4 fully saturated rings. The maximum absolute atomic E-state index is 13.8. The van der Waals surface area contributed by atoms with Crippen molar-refractivity contribution in [2.45, 2.75) is 148 Å². The van der Waals surface area contributed by atoms with Crippen molar-refractivity contribution in [3.05, 3.63) is 23.3 Å². The molecule has 2 heterocycles. The Bertz CT molecular complexity index is 1110. The minimum Gasteiger partial charge on any atom is -0.390 e. The highest BCUT2D eigenvalue weighted by molar-refractivity contribution is 5.95. The molecule has 218 valence electrons. The third kappa shape index (κ3) is 4.34. The second-order valence-electron chi connectivity index (χ2n) is 15.8. The summed E-state index contributed by atoms with van der Waals surface area (Å²) >= 11 is 0. The van der Waals surface area contributed by atoms with E-state index in [-0.39, 0.29) is 46.8 Å². The number of rotatable bonds is 4. The Hall–Kier alpha value is -1.05. The predicted molar refractivity (Wildman–Crippen MR) is 149 cm³/mol. The summed E-state index contributed by atoms with van der Waals surface area (Å²) < 4.78 is 25.9. The van der Waals surface area contributed by atoms with E-state index in [4.69, 9.17) is 18.9 Å². The van der Waals surface area contributed by atoms with Crippen LogP contribution in [0.25, 0.3) is 0 Å². The molecule has 39 heavy (non-hydrogen) atoms. The van der Waals surface area contributed by atoms with E-state index >= 15 is 0 Å². The van der Waals surface area contributed by atoms with Gasteiger partial charge in [0.05, 0.1) is 29.5 Å². The van der Waals surface area contributed by atoms with Gasteiger partial charge in [-0.1, -0.05) is 19.9 Å². The Morgan fingerprint density at radius 1 is 0.974 bits per heavy atom. The van der Waals surface area contributed by atoms with Crippen LogP contribution in [0.4, 0.5) is 0 Å². The van der Waals surface area contributed by atoms with Crippen LogP contribution in [-0.2, 0) is 23.7 Å². The molecule has 6 rings (SSSR count). The molecule has 1 N–H and O–H groups in total. The second kappa shape index (κ2) is 8.50. The van der Waals surface area contributed by atoms with Gasteiger partial charge in [0, 0.05) is 11.8 Å². The summed E-state index contributed by atoms with van der Waals surface area (Å²) in [5.41, 5.74) is 1.17. The van der Waals surface area contributed by atoms with Crippen molar-refractivity contribution >= 4 is 5.78 Å². The van der Waals surface area contributed by atoms with Crippen LogP contribution in [-0.4, -0.2) is 52.0 Å². The fourth-order valence-electron chi connectivity index (χ4n) is 9.83. The Morgan fingerprint density at radius 2 is 1.67 bits per heavy atom. The highest BCUT2D eigenvalue weighted by Crippen LogP contribution is 2.67. The van der Waals surface area contributed by atoms with Gasteiger partial charge in [-0.3, -0.25) is 4.79 Å². The normalized spacial score (nSPS) is 48.1. The average Bonchev–Trinajstić information content (AvgIpc) is 3.37. The van der Waals surface area contributed by atoms with Gasteiger partial charge >= 0.3 is 0 Å². The molecule has 6 nitrogen and oxygen atoms in total. The lowest BCUT2D eigenvalue weighted by molar-refractivity contribution is -0.177. The van der Waals surface area contributed by atoms with Gasteiger partial charge in [-0.2, -0.15) is 0 Å². The van der Waals surface area contributed by atoms with Crippen LogP contribution in [0.3, 0.4) is 0 Å². The number of aliphatic hydroxyl groups is 1. The fourth-order valence-corrected chi connectivity index (χ4v) is 9.83. The smallest absolute Gasteiger partial charge is 0.164 e. The molecule has 0 aromatic rings. The molecule has 2 saturated heterocycles. The van der Waals surface area contributed by atoms with Crippen molar-refractivity contribution in [2.24, 2.45) is 28.6 Å². The van der Waals surface area contributed by atoms with Crippen molar-refractivity contribution in [3.8, 4) is 0 Å². The second-order valence-corrected chi connectivity index (χ2v) is 15.8. The standard InChI is InChI=1S/C33H50O6/c1-28(2,35)14-13-27-33(9,39-30(5,6)38-27)26-11-10-20-19-16-23(34)22-17-24-25(37-29(3,4)36-24)18-32(22,8)21(19)12-15-31(20,26)7/h10,16,21-22,24-27,35H,11-15,17-18H2,1-9H3/t21?,22-,24+,25-,26?,27?,31-,32+,33+/m0/s1. The quantitative estimate of drug-likeness (QED) is 0.452. The van der Waals surface area contributed by atoms with Crippen LogP contribution in [0.15, 0.2) is 23.3 Å². The van der Waals surface area contributed by atoms with E-state index in [0.29, 0.717) is 12.3 Å². The predicted octanol–water partition coefficient (Wildman–Crippen LogP) is 6.26. The molecule has 6 aliphatic rings. The number of hydrogen-bond acceptors (Lipinski definition) is 6. The average molecular weight is 543 g/mol. The summed E-state index contributed by atoms with van der Waals surface area (Å²) in [5, 5.41) is 10.5. The van der Waals surface area contributed by atoms with E-state index in [2.05, 4.69) is 26.8 Å². The molecular weight excluding hydrogens is 492 g/mol. The first kappa shape index (κ1) is 28.1. The first-order valence-electron chi connectivity index (χ1n) is 15.3. The Labute approximate surface area is 234 Å². The van der Waals surface area contributed by atoms with Crippen LogP contribution in [0.2, 0.25) is 0 Å². The number of carbonyl (C=O) groups is 1. The third-order valence-electron chi connectivity index (χ3n) is 11.4. The van der Waals surface area contributed by atoms with E-state index in [0.717, 1.165) is 38.5 Å². The Kier molecular flexibility index (Phi) is 6.12. The van der Waals surface area contributed by atoms with Gasteiger partial charge in [-0.05, 0) is 127 Å². The van der Waals surface area contributed by atoms with Gasteiger partial charge < -0.3 is 24.1 Å². The van der Waals surface area contributed by atoms with Crippen molar-refractivity contribution in [3.63, 3.8) is 0 Å². The molecule has 0 radical (unpaired) electrons. The molecule has 0 aromatic heterocycles.